The summed E-state index contributed by atoms with van der Waals surface area (Å²) in [5, 5.41) is 9.13. The summed E-state index contributed by atoms with van der Waals surface area (Å²) in [7, 11) is 1.58. The first-order valence-electron chi connectivity index (χ1n) is 3.54. The van der Waals surface area contributed by atoms with Gasteiger partial charge in [0.15, 0.2) is 6.29 Å². The maximum atomic E-state index is 10.4. The largest absolute Gasteiger partial charge is 0.507 e. The summed E-state index contributed by atoms with van der Waals surface area (Å²) < 4.78 is 4.87. The Bertz CT molecular complexity index is 281. The Hall–Kier alpha value is -1.35. The van der Waals surface area contributed by atoms with Crippen LogP contribution in [0.1, 0.15) is 15.9 Å². The van der Waals surface area contributed by atoms with Crippen LogP contribution < -0.4 is 0 Å². The van der Waals surface area contributed by atoms with Crippen LogP contribution in [0.5, 0.6) is 5.75 Å². The van der Waals surface area contributed by atoms with Crippen molar-refractivity contribution >= 4 is 6.29 Å². The quantitative estimate of drug-likeness (QED) is 0.689. The fourth-order valence-corrected chi connectivity index (χ4v) is 0.955. The number of hydrogen-bond acceptors (Lipinski definition) is 3. The molecule has 0 amide bonds. The normalized spacial score (nSPS) is 9.75. The van der Waals surface area contributed by atoms with Crippen molar-refractivity contribution in [2.24, 2.45) is 0 Å². The fraction of sp³-hybridized carbons (Fsp3) is 0.222. The fourth-order valence-electron chi connectivity index (χ4n) is 0.955. The second kappa shape index (κ2) is 3.88. The van der Waals surface area contributed by atoms with Crippen molar-refractivity contribution in [3.8, 4) is 5.75 Å². The van der Waals surface area contributed by atoms with Crippen molar-refractivity contribution in [2.45, 2.75) is 6.61 Å². The smallest absolute Gasteiger partial charge is 0.153 e. The van der Waals surface area contributed by atoms with E-state index in [1.165, 1.54) is 6.07 Å². The molecular weight excluding hydrogens is 156 g/mol. The number of aromatic hydroxyl groups is 1. The maximum Gasteiger partial charge on any atom is 0.153 e. The number of aldehydes is 1. The third kappa shape index (κ3) is 1.83. The molecule has 0 atom stereocenters. The van der Waals surface area contributed by atoms with E-state index >= 15 is 0 Å². The zero-order valence-corrected chi connectivity index (χ0v) is 6.78. The highest BCUT2D eigenvalue weighted by Gasteiger charge is 2.00. The molecule has 1 aromatic carbocycles. The van der Waals surface area contributed by atoms with Crippen molar-refractivity contribution in [3.63, 3.8) is 0 Å². The van der Waals surface area contributed by atoms with E-state index in [2.05, 4.69) is 0 Å². The van der Waals surface area contributed by atoms with Gasteiger partial charge in [0.2, 0.25) is 0 Å². The zero-order chi connectivity index (χ0) is 8.97. The SMILES string of the molecule is COCc1ccc(O)c(C=O)c1. The molecule has 0 radical (unpaired) electrons. The van der Waals surface area contributed by atoms with Crippen molar-refractivity contribution in [2.75, 3.05) is 7.11 Å². The van der Waals surface area contributed by atoms with Gasteiger partial charge in [0.25, 0.3) is 0 Å². The van der Waals surface area contributed by atoms with Crippen LogP contribution in [-0.2, 0) is 11.3 Å². The summed E-state index contributed by atoms with van der Waals surface area (Å²) in [5.41, 5.74) is 1.17. The molecule has 12 heavy (non-hydrogen) atoms. The van der Waals surface area contributed by atoms with Crippen molar-refractivity contribution in [1.29, 1.82) is 0 Å². The summed E-state index contributed by atoms with van der Waals surface area (Å²) in [6.45, 7) is 0.446. The Morgan fingerprint density at radius 3 is 2.92 bits per heavy atom. The van der Waals surface area contributed by atoms with Crippen LogP contribution in [-0.4, -0.2) is 18.5 Å². The van der Waals surface area contributed by atoms with Gasteiger partial charge < -0.3 is 9.84 Å². The van der Waals surface area contributed by atoms with Gasteiger partial charge in [-0.2, -0.15) is 0 Å². The molecule has 1 aromatic rings. The Morgan fingerprint density at radius 2 is 2.33 bits per heavy atom. The lowest BCUT2D eigenvalue weighted by Gasteiger charge is -2.01. The van der Waals surface area contributed by atoms with Crippen LogP contribution in [0.3, 0.4) is 0 Å². The average molecular weight is 166 g/mol. The maximum absolute atomic E-state index is 10.4. The van der Waals surface area contributed by atoms with Crippen molar-refractivity contribution in [1.82, 2.24) is 0 Å². The molecule has 3 nitrogen and oxygen atoms in total. The summed E-state index contributed by atoms with van der Waals surface area (Å²) in [6, 6.07) is 4.80. The molecule has 64 valence electrons. The second-order valence-corrected chi connectivity index (χ2v) is 2.44. The van der Waals surface area contributed by atoms with Crippen LogP contribution in [0.15, 0.2) is 18.2 Å². The number of methoxy groups -OCH3 is 1. The molecule has 0 spiro atoms. The zero-order valence-electron chi connectivity index (χ0n) is 6.78. The lowest BCUT2D eigenvalue weighted by molar-refractivity contribution is 0.112. The number of ether oxygens (including phenoxy) is 1. The molecule has 1 N–H and O–H groups in total. The van der Waals surface area contributed by atoms with Gasteiger partial charge in [0.05, 0.1) is 12.2 Å². The number of rotatable bonds is 3. The van der Waals surface area contributed by atoms with Crippen LogP contribution in [0.4, 0.5) is 0 Å². The van der Waals surface area contributed by atoms with E-state index in [1.54, 1.807) is 19.2 Å². The molecule has 0 saturated heterocycles. The van der Waals surface area contributed by atoms with E-state index in [9.17, 15) is 4.79 Å². The van der Waals surface area contributed by atoms with Crippen LogP contribution >= 0.6 is 0 Å². The predicted octanol–water partition coefficient (Wildman–Crippen LogP) is 1.35. The van der Waals surface area contributed by atoms with Gasteiger partial charge in [-0.15, -0.1) is 0 Å². The van der Waals surface area contributed by atoms with E-state index in [-0.39, 0.29) is 5.75 Å². The minimum atomic E-state index is 0.00449. The first-order chi connectivity index (χ1) is 5.77. The summed E-state index contributed by atoms with van der Waals surface area (Å²) in [6.07, 6.45) is 0.620. The highest BCUT2D eigenvalue weighted by atomic mass is 16.5. The highest BCUT2D eigenvalue weighted by molar-refractivity contribution is 5.79. The number of carbonyl (C=O) groups excluding carboxylic acids is 1. The lowest BCUT2D eigenvalue weighted by Crippen LogP contribution is -1.89. The average Bonchev–Trinajstić information content (AvgIpc) is 2.09. The molecule has 0 heterocycles. The van der Waals surface area contributed by atoms with Gasteiger partial charge in [-0.3, -0.25) is 4.79 Å². The molecule has 3 heteroatoms. The Morgan fingerprint density at radius 1 is 1.58 bits per heavy atom. The van der Waals surface area contributed by atoms with E-state index in [1.807, 2.05) is 0 Å². The molecular formula is C9H10O3. The summed E-state index contributed by atoms with van der Waals surface area (Å²) in [5.74, 6) is 0.00449. The number of carbonyl (C=O) groups is 1. The van der Waals surface area contributed by atoms with Crippen LogP contribution in [0.2, 0.25) is 0 Å². The van der Waals surface area contributed by atoms with E-state index in [4.69, 9.17) is 9.84 Å². The van der Waals surface area contributed by atoms with Gasteiger partial charge in [-0.05, 0) is 17.7 Å². The van der Waals surface area contributed by atoms with E-state index in [0.29, 0.717) is 18.5 Å². The Labute approximate surface area is 70.6 Å². The van der Waals surface area contributed by atoms with Crippen LogP contribution in [0, 0.1) is 0 Å². The van der Waals surface area contributed by atoms with Crippen molar-refractivity contribution in [3.05, 3.63) is 29.3 Å². The highest BCUT2D eigenvalue weighted by Crippen LogP contribution is 2.16. The molecule has 0 aliphatic rings. The molecule has 0 unspecified atom stereocenters. The third-order valence-corrected chi connectivity index (χ3v) is 1.53. The summed E-state index contributed by atoms with van der Waals surface area (Å²) >= 11 is 0. The first kappa shape index (κ1) is 8.74. The second-order valence-electron chi connectivity index (χ2n) is 2.44. The molecule has 0 aliphatic heterocycles. The topological polar surface area (TPSA) is 46.5 Å². The molecule has 0 aliphatic carbocycles. The van der Waals surface area contributed by atoms with Gasteiger partial charge in [0, 0.05) is 7.11 Å². The molecule has 0 fully saturated rings. The number of phenols is 1. The third-order valence-electron chi connectivity index (χ3n) is 1.53. The molecule has 0 bridgehead atoms. The first-order valence-corrected chi connectivity index (χ1v) is 3.54. The molecule has 0 saturated carbocycles. The molecule has 0 aromatic heterocycles. The standard InChI is InChI=1S/C9H10O3/c1-12-6-7-2-3-9(11)8(4-7)5-10/h2-5,11H,6H2,1H3. The monoisotopic (exact) mass is 166 g/mol. The number of hydrogen-bond donors (Lipinski definition) is 1. The Balaban J connectivity index is 2.96. The van der Waals surface area contributed by atoms with Crippen molar-refractivity contribution < 1.29 is 14.6 Å². The number of phenolic OH excluding ortho intramolecular Hbond substituents is 1. The minimum Gasteiger partial charge on any atom is -0.507 e. The van der Waals surface area contributed by atoms with E-state index in [0.717, 1.165) is 5.56 Å². The molecule has 1 rings (SSSR count). The predicted molar refractivity (Wildman–Crippen MR) is 44.2 cm³/mol. The van der Waals surface area contributed by atoms with Gasteiger partial charge in [-0.25, -0.2) is 0 Å². The Kier molecular flexibility index (Phi) is 2.82. The minimum absolute atomic E-state index is 0.00449. The summed E-state index contributed by atoms with van der Waals surface area (Å²) in [4.78, 5) is 10.4. The van der Waals surface area contributed by atoms with Gasteiger partial charge >= 0.3 is 0 Å². The van der Waals surface area contributed by atoms with E-state index < -0.39 is 0 Å². The number of benzene rings is 1. The van der Waals surface area contributed by atoms with Crippen LogP contribution in [0.25, 0.3) is 0 Å². The van der Waals surface area contributed by atoms with Gasteiger partial charge in [0.1, 0.15) is 5.75 Å². The lowest BCUT2D eigenvalue weighted by atomic mass is 10.1. The van der Waals surface area contributed by atoms with Gasteiger partial charge in [-0.1, -0.05) is 6.07 Å².